The molecule has 0 aromatic heterocycles. The second-order valence-corrected chi connectivity index (χ2v) is 3.69. The third-order valence-corrected chi connectivity index (χ3v) is 2.24. The van der Waals surface area contributed by atoms with Gasteiger partial charge in [-0.3, -0.25) is 10.2 Å². The normalized spacial score (nSPS) is 12.0. The van der Waals surface area contributed by atoms with Crippen molar-refractivity contribution in [3.8, 4) is 5.75 Å². The average molecular weight is 249 g/mol. The molecular formula is C9H10Cl2N2O2. The van der Waals surface area contributed by atoms with E-state index < -0.39 is 12.0 Å². The van der Waals surface area contributed by atoms with Gasteiger partial charge in [-0.15, -0.1) is 0 Å². The van der Waals surface area contributed by atoms with Crippen LogP contribution in [0.25, 0.3) is 0 Å². The lowest BCUT2D eigenvalue weighted by molar-refractivity contribution is -0.127. The molecule has 0 saturated carbocycles. The lowest BCUT2D eigenvalue weighted by Crippen LogP contribution is -2.40. The molecule has 1 aromatic carbocycles. The van der Waals surface area contributed by atoms with Crippen molar-refractivity contribution < 1.29 is 9.53 Å². The van der Waals surface area contributed by atoms with Gasteiger partial charge < -0.3 is 4.74 Å². The van der Waals surface area contributed by atoms with Crippen molar-refractivity contribution in [2.75, 3.05) is 0 Å². The Morgan fingerprint density at radius 3 is 2.73 bits per heavy atom. The standard InChI is InChI=1S/C9H10Cl2N2O2/c1-5(9(14)13-12)15-8-3-2-6(10)4-7(8)11/h2-5H,12H2,1H3,(H,13,14)/t5-/m1/s1. The highest BCUT2D eigenvalue weighted by Gasteiger charge is 2.14. The Morgan fingerprint density at radius 1 is 1.53 bits per heavy atom. The van der Waals surface area contributed by atoms with Crippen LogP contribution in [0.15, 0.2) is 18.2 Å². The summed E-state index contributed by atoms with van der Waals surface area (Å²) in [6.07, 6.45) is -0.714. The van der Waals surface area contributed by atoms with Gasteiger partial charge in [-0.05, 0) is 25.1 Å². The summed E-state index contributed by atoms with van der Waals surface area (Å²) in [6.45, 7) is 1.56. The molecule has 82 valence electrons. The average Bonchev–Trinajstić information content (AvgIpc) is 2.20. The zero-order valence-electron chi connectivity index (χ0n) is 7.96. The summed E-state index contributed by atoms with van der Waals surface area (Å²) in [4.78, 5) is 11.1. The van der Waals surface area contributed by atoms with E-state index in [2.05, 4.69) is 0 Å². The number of amides is 1. The van der Waals surface area contributed by atoms with E-state index in [1.54, 1.807) is 19.1 Å². The van der Waals surface area contributed by atoms with Gasteiger partial charge in [0.15, 0.2) is 6.10 Å². The number of ether oxygens (including phenoxy) is 1. The molecule has 15 heavy (non-hydrogen) atoms. The van der Waals surface area contributed by atoms with E-state index in [1.807, 2.05) is 5.43 Å². The topological polar surface area (TPSA) is 64.3 Å². The summed E-state index contributed by atoms with van der Waals surface area (Å²) in [5, 5.41) is 0.849. The summed E-state index contributed by atoms with van der Waals surface area (Å²) in [7, 11) is 0. The van der Waals surface area contributed by atoms with Gasteiger partial charge >= 0.3 is 0 Å². The summed E-state index contributed by atoms with van der Waals surface area (Å²) >= 11 is 11.6. The number of carbonyl (C=O) groups is 1. The third kappa shape index (κ3) is 3.27. The molecule has 4 nitrogen and oxygen atoms in total. The fourth-order valence-corrected chi connectivity index (χ4v) is 1.39. The predicted molar refractivity (Wildman–Crippen MR) is 58.9 cm³/mol. The molecule has 0 aliphatic rings. The molecule has 1 aromatic rings. The van der Waals surface area contributed by atoms with Gasteiger partial charge in [0.05, 0.1) is 5.02 Å². The number of nitrogens with two attached hydrogens (primary N) is 1. The van der Waals surface area contributed by atoms with Crippen LogP contribution >= 0.6 is 23.2 Å². The molecule has 0 aliphatic heterocycles. The number of nitrogens with one attached hydrogen (secondary N) is 1. The smallest absolute Gasteiger partial charge is 0.274 e. The Kier molecular flexibility index (Phi) is 4.20. The Bertz CT molecular complexity index is 371. The maximum atomic E-state index is 11.1. The molecule has 0 fully saturated rings. The Balaban J connectivity index is 2.76. The number of carbonyl (C=O) groups excluding carboxylic acids is 1. The number of hydrogen-bond acceptors (Lipinski definition) is 3. The first-order chi connectivity index (χ1) is 7.04. The molecular weight excluding hydrogens is 239 g/mol. The highest BCUT2D eigenvalue weighted by atomic mass is 35.5. The highest BCUT2D eigenvalue weighted by Crippen LogP contribution is 2.28. The van der Waals surface area contributed by atoms with Crippen molar-refractivity contribution >= 4 is 29.1 Å². The van der Waals surface area contributed by atoms with Gasteiger partial charge in [-0.2, -0.15) is 0 Å². The second kappa shape index (κ2) is 5.21. The molecule has 0 heterocycles. The summed E-state index contributed by atoms with van der Waals surface area (Å²) in [6, 6.07) is 4.74. The maximum absolute atomic E-state index is 11.1. The monoisotopic (exact) mass is 248 g/mol. The number of rotatable bonds is 3. The molecule has 0 unspecified atom stereocenters. The van der Waals surface area contributed by atoms with Gasteiger partial charge in [-0.1, -0.05) is 23.2 Å². The molecule has 0 aliphatic carbocycles. The fourth-order valence-electron chi connectivity index (χ4n) is 0.932. The fraction of sp³-hybridized carbons (Fsp3) is 0.222. The minimum Gasteiger partial charge on any atom is -0.479 e. The van der Waals surface area contributed by atoms with E-state index in [0.29, 0.717) is 15.8 Å². The number of halogens is 2. The van der Waals surface area contributed by atoms with Crippen molar-refractivity contribution in [2.24, 2.45) is 5.84 Å². The van der Waals surface area contributed by atoms with Crippen LogP contribution in [-0.4, -0.2) is 12.0 Å². The summed E-state index contributed by atoms with van der Waals surface area (Å²) in [5.74, 6) is 4.91. The zero-order chi connectivity index (χ0) is 11.4. The highest BCUT2D eigenvalue weighted by molar-refractivity contribution is 6.35. The molecule has 1 rings (SSSR count). The predicted octanol–water partition coefficient (Wildman–Crippen LogP) is 1.75. The Hall–Kier alpha value is -0.970. The van der Waals surface area contributed by atoms with Crippen LogP contribution in [0.3, 0.4) is 0 Å². The first-order valence-corrected chi connectivity index (χ1v) is 4.92. The molecule has 1 amide bonds. The number of benzene rings is 1. The lowest BCUT2D eigenvalue weighted by Gasteiger charge is -2.13. The van der Waals surface area contributed by atoms with E-state index >= 15 is 0 Å². The first-order valence-electron chi connectivity index (χ1n) is 4.16. The molecule has 0 bridgehead atoms. The van der Waals surface area contributed by atoms with Crippen LogP contribution in [0.2, 0.25) is 10.0 Å². The molecule has 3 N–H and O–H groups in total. The summed E-state index contributed by atoms with van der Waals surface area (Å²) < 4.78 is 5.27. The molecule has 1 atom stereocenters. The lowest BCUT2D eigenvalue weighted by atomic mass is 10.3. The largest absolute Gasteiger partial charge is 0.479 e. The van der Waals surface area contributed by atoms with Crippen molar-refractivity contribution in [1.82, 2.24) is 5.43 Å². The van der Waals surface area contributed by atoms with Crippen LogP contribution in [0, 0.1) is 0 Å². The van der Waals surface area contributed by atoms with E-state index in [4.69, 9.17) is 33.8 Å². The molecule has 6 heteroatoms. The Morgan fingerprint density at radius 2 is 2.20 bits per heavy atom. The van der Waals surface area contributed by atoms with Gasteiger partial charge in [-0.25, -0.2) is 5.84 Å². The van der Waals surface area contributed by atoms with Crippen molar-refractivity contribution in [3.05, 3.63) is 28.2 Å². The van der Waals surface area contributed by atoms with Crippen molar-refractivity contribution in [2.45, 2.75) is 13.0 Å². The van der Waals surface area contributed by atoms with E-state index in [-0.39, 0.29) is 0 Å². The van der Waals surface area contributed by atoms with Crippen molar-refractivity contribution in [3.63, 3.8) is 0 Å². The van der Waals surface area contributed by atoms with E-state index in [1.165, 1.54) is 6.07 Å². The van der Waals surface area contributed by atoms with Gasteiger partial charge in [0.2, 0.25) is 0 Å². The SMILES string of the molecule is C[C@@H](Oc1ccc(Cl)cc1Cl)C(=O)NN. The molecule has 0 spiro atoms. The first kappa shape index (κ1) is 12.1. The van der Waals surface area contributed by atoms with Gasteiger partial charge in [0.1, 0.15) is 5.75 Å². The minimum absolute atomic E-state index is 0.346. The molecule has 0 saturated heterocycles. The van der Waals surface area contributed by atoms with Gasteiger partial charge in [0.25, 0.3) is 5.91 Å². The second-order valence-electron chi connectivity index (χ2n) is 2.84. The maximum Gasteiger partial charge on any atom is 0.274 e. The van der Waals surface area contributed by atoms with E-state index in [9.17, 15) is 4.79 Å². The minimum atomic E-state index is -0.714. The van der Waals surface area contributed by atoms with Crippen LogP contribution in [0.4, 0.5) is 0 Å². The third-order valence-electron chi connectivity index (χ3n) is 1.71. The van der Waals surface area contributed by atoms with Crippen LogP contribution < -0.4 is 16.0 Å². The summed E-state index contributed by atoms with van der Waals surface area (Å²) in [5.41, 5.74) is 1.98. The van der Waals surface area contributed by atoms with E-state index in [0.717, 1.165) is 0 Å². The van der Waals surface area contributed by atoms with Crippen molar-refractivity contribution in [1.29, 1.82) is 0 Å². The number of hydrazine groups is 1. The zero-order valence-corrected chi connectivity index (χ0v) is 9.47. The van der Waals surface area contributed by atoms with Crippen LogP contribution in [0.1, 0.15) is 6.92 Å². The quantitative estimate of drug-likeness (QED) is 0.487. The number of hydrogen-bond donors (Lipinski definition) is 2. The van der Waals surface area contributed by atoms with Crippen LogP contribution in [0.5, 0.6) is 5.75 Å². The Labute approximate surface area is 97.3 Å². The van der Waals surface area contributed by atoms with Crippen LogP contribution in [-0.2, 0) is 4.79 Å². The molecule has 0 radical (unpaired) electrons. The van der Waals surface area contributed by atoms with Gasteiger partial charge in [0, 0.05) is 5.02 Å².